The van der Waals surface area contributed by atoms with Crippen LogP contribution in [0.2, 0.25) is 0 Å². The molecule has 2 N–H and O–H groups in total. The van der Waals surface area contributed by atoms with E-state index in [0.29, 0.717) is 37.6 Å². The van der Waals surface area contributed by atoms with E-state index in [0.717, 1.165) is 6.07 Å². The minimum absolute atomic E-state index is 0.0958. The first-order valence-electron chi connectivity index (χ1n) is 8.95. The molecule has 2 aliphatic heterocycles. The Morgan fingerprint density at radius 1 is 1.10 bits per heavy atom. The minimum atomic E-state index is -4.53. The quantitative estimate of drug-likeness (QED) is 0.595. The second-order valence-corrected chi connectivity index (χ2v) is 6.68. The van der Waals surface area contributed by atoms with Crippen LogP contribution < -0.4 is 15.5 Å². The zero-order chi connectivity index (χ0) is 20.6. The van der Waals surface area contributed by atoms with Crippen molar-refractivity contribution in [3.8, 4) is 0 Å². The molecule has 0 bridgehead atoms. The fourth-order valence-electron chi connectivity index (χ4n) is 3.40. The Kier molecular flexibility index (Phi) is 4.91. The molecule has 1 saturated heterocycles. The lowest BCUT2D eigenvalue weighted by Gasteiger charge is -2.31. The van der Waals surface area contributed by atoms with E-state index >= 15 is 0 Å². The smallest absolute Gasteiger partial charge is 0.378 e. The number of rotatable bonds is 3. The van der Waals surface area contributed by atoms with E-state index < -0.39 is 23.5 Å². The van der Waals surface area contributed by atoms with E-state index in [1.807, 2.05) is 0 Å². The Bertz CT molecular complexity index is 982. The summed E-state index contributed by atoms with van der Waals surface area (Å²) < 4.78 is 59.4. The van der Waals surface area contributed by atoms with E-state index in [1.54, 1.807) is 4.90 Å². The molecule has 0 aliphatic carbocycles. The van der Waals surface area contributed by atoms with Crippen LogP contribution in [0.4, 0.5) is 34.6 Å². The van der Waals surface area contributed by atoms with Gasteiger partial charge in [-0.2, -0.15) is 13.2 Å². The van der Waals surface area contributed by atoms with Gasteiger partial charge in [-0.15, -0.1) is 0 Å². The summed E-state index contributed by atoms with van der Waals surface area (Å²) >= 11 is 0. The number of amides is 1. The van der Waals surface area contributed by atoms with Crippen molar-refractivity contribution >= 4 is 28.5 Å². The predicted octanol–water partition coefficient (Wildman–Crippen LogP) is 4.09. The molecule has 2 heterocycles. The predicted molar refractivity (Wildman–Crippen MR) is 101 cm³/mol. The molecule has 2 aromatic carbocycles. The lowest BCUT2D eigenvalue weighted by molar-refractivity contribution is -0.137. The third-order valence-electron chi connectivity index (χ3n) is 4.80. The summed E-state index contributed by atoms with van der Waals surface area (Å²) in [5, 5.41) is 5.28. The zero-order valence-corrected chi connectivity index (χ0v) is 15.1. The highest BCUT2D eigenvalue weighted by molar-refractivity contribution is 6.31. The maximum absolute atomic E-state index is 13.6. The Hall–Kier alpha value is -3.07. The zero-order valence-electron chi connectivity index (χ0n) is 15.1. The molecular weight excluding hydrogens is 390 g/mol. The average molecular weight is 407 g/mol. The number of fused-ring (bicyclic) bond motifs is 1. The number of hydrogen-bond acceptors (Lipinski definition) is 4. The lowest BCUT2D eigenvalue weighted by Crippen LogP contribution is -2.37. The van der Waals surface area contributed by atoms with Crippen LogP contribution in [0.3, 0.4) is 0 Å². The van der Waals surface area contributed by atoms with Crippen molar-refractivity contribution in [3.05, 3.63) is 59.5 Å². The van der Waals surface area contributed by atoms with Crippen LogP contribution in [0.5, 0.6) is 0 Å². The summed E-state index contributed by atoms with van der Waals surface area (Å²) in [6, 6.07) is 7.79. The number of ether oxygens (including phenoxy) is 1. The van der Waals surface area contributed by atoms with E-state index in [-0.39, 0.29) is 16.9 Å². The SMILES string of the molecule is O=C1Nc2cc(F)ccc2/C1=C\Nc1ccc(N2CCOCC2)c(C(F)(F)F)c1. The number of morpholine rings is 1. The van der Waals surface area contributed by atoms with Gasteiger partial charge >= 0.3 is 6.18 Å². The van der Waals surface area contributed by atoms with Gasteiger partial charge in [0.1, 0.15) is 5.82 Å². The summed E-state index contributed by atoms with van der Waals surface area (Å²) in [6.07, 6.45) is -3.21. The maximum atomic E-state index is 13.6. The van der Waals surface area contributed by atoms with Crippen LogP contribution >= 0.6 is 0 Å². The standard InChI is InChI=1S/C20H17F4N3O2/c21-12-1-3-14-15(19(28)26-17(14)9-12)11-25-13-2-4-18(16(10-13)20(22,23)24)27-5-7-29-8-6-27/h1-4,9-11,25H,5-8H2,(H,26,28)/b15-11+. The van der Waals surface area contributed by atoms with Gasteiger partial charge in [0.05, 0.1) is 30.0 Å². The van der Waals surface area contributed by atoms with E-state index in [9.17, 15) is 22.4 Å². The van der Waals surface area contributed by atoms with Crippen LogP contribution in [0.15, 0.2) is 42.6 Å². The van der Waals surface area contributed by atoms with Gasteiger partial charge in [-0.05, 0) is 36.4 Å². The topological polar surface area (TPSA) is 53.6 Å². The van der Waals surface area contributed by atoms with Gasteiger partial charge in [0, 0.05) is 36.2 Å². The summed E-state index contributed by atoms with van der Waals surface area (Å²) in [5.74, 6) is -0.953. The molecule has 0 atom stereocenters. The number of nitrogens with one attached hydrogen (secondary N) is 2. The molecule has 4 rings (SSSR count). The summed E-state index contributed by atoms with van der Waals surface area (Å²) in [6.45, 7) is 1.51. The Labute approximate surface area is 164 Å². The van der Waals surface area contributed by atoms with Gasteiger partial charge in [0.15, 0.2) is 0 Å². The summed E-state index contributed by atoms with van der Waals surface area (Å²) in [5.41, 5.74) is 0.530. The molecule has 0 unspecified atom stereocenters. The fourth-order valence-corrected chi connectivity index (χ4v) is 3.40. The minimum Gasteiger partial charge on any atom is -0.378 e. The highest BCUT2D eigenvalue weighted by atomic mass is 19.4. The third kappa shape index (κ3) is 3.91. The molecule has 2 aromatic rings. The van der Waals surface area contributed by atoms with Gasteiger partial charge in [-0.25, -0.2) is 4.39 Å². The fraction of sp³-hybridized carbons (Fsp3) is 0.250. The molecule has 0 aromatic heterocycles. The van der Waals surface area contributed by atoms with E-state index in [1.165, 1.54) is 36.5 Å². The highest BCUT2D eigenvalue weighted by Crippen LogP contribution is 2.39. The second-order valence-electron chi connectivity index (χ2n) is 6.68. The van der Waals surface area contributed by atoms with Gasteiger partial charge in [-0.1, -0.05) is 0 Å². The van der Waals surface area contributed by atoms with E-state index in [2.05, 4.69) is 10.6 Å². The third-order valence-corrected chi connectivity index (χ3v) is 4.80. The van der Waals surface area contributed by atoms with Crippen LogP contribution in [0.1, 0.15) is 11.1 Å². The van der Waals surface area contributed by atoms with Crippen molar-refractivity contribution < 1.29 is 27.1 Å². The lowest BCUT2D eigenvalue weighted by atomic mass is 10.1. The van der Waals surface area contributed by atoms with Gasteiger partial charge < -0.3 is 20.3 Å². The number of nitrogens with zero attached hydrogens (tertiary/aromatic N) is 1. The first kappa shape index (κ1) is 19.3. The Morgan fingerprint density at radius 2 is 1.86 bits per heavy atom. The van der Waals surface area contributed by atoms with Gasteiger partial charge in [0.25, 0.3) is 5.91 Å². The Balaban J connectivity index is 1.63. The van der Waals surface area contributed by atoms with Crippen molar-refractivity contribution in [2.45, 2.75) is 6.18 Å². The van der Waals surface area contributed by atoms with Crippen LogP contribution in [0, 0.1) is 5.82 Å². The monoisotopic (exact) mass is 407 g/mol. The first-order chi connectivity index (χ1) is 13.8. The summed E-state index contributed by atoms with van der Waals surface area (Å²) in [4.78, 5) is 13.8. The second kappa shape index (κ2) is 7.40. The number of carbonyl (C=O) groups excluding carboxylic acids is 1. The molecule has 29 heavy (non-hydrogen) atoms. The number of benzene rings is 2. The molecule has 0 spiro atoms. The largest absolute Gasteiger partial charge is 0.418 e. The van der Waals surface area contributed by atoms with Crippen molar-refractivity contribution in [3.63, 3.8) is 0 Å². The summed E-state index contributed by atoms with van der Waals surface area (Å²) in [7, 11) is 0. The van der Waals surface area contributed by atoms with Crippen molar-refractivity contribution in [2.75, 3.05) is 41.8 Å². The van der Waals surface area contributed by atoms with Crippen LogP contribution in [0.25, 0.3) is 5.57 Å². The molecule has 5 nitrogen and oxygen atoms in total. The number of hydrogen-bond donors (Lipinski definition) is 2. The maximum Gasteiger partial charge on any atom is 0.418 e. The number of carbonyl (C=O) groups is 1. The molecule has 152 valence electrons. The van der Waals surface area contributed by atoms with E-state index in [4.69, 9.17) is 4.74 Å². The molecule has 1 fully saturated rings. The van der Waals surface area contributed by atoms with Crippen molar-refractivity contribution in [1.29, 1.82) is 0 Å². The van der Waals surface area contributed by atoms with Crippen LogP contribution in [-0.4, -0.2) is 32.2 Å². The molecule has 0 radical (unpaired) electrons. The molecule has 9 heteroatoms. The van der Waals surface area contributed by atoms with Gasteiger partial charge in [0.2, 0.25) is 0 Å². The Morgan fingerprint density at radius 3 is 2.59 bits per heavy atom. The molecule has 1 amide bonds. The number of halogens is 4. The molecular formula is C20H17F4N3O2. The highest BCUT2D eigenvalue weighted by Gasteiger charge is 2.35. The number of alkyl halides is 3. The number of anilines is 3. The molecule has 0 saturated carbocycles. The first-order valence-corrected chi connectivity index (χ1v) is 8.95. The van der Waals surface area contributed by atoms with Gasteiger partial charge in [-0.3, -0.25) is 4.79 Å². The average Bonchev–Trinajstić information content (AvgIpc) is 3.00. The normalized spacial score (nSPS) is 18.0. The van der Waals surface area contributed by atoms with Crippen molar-refractivity contribution in [2.24, 2.45) is 0 Å². The van der Waals surface area contributed by atoms with Crippen molar-refractivity contribution in [1.82, 2.24) is 0 Å². The molecule has 2 aliphatic rings. The van der Waals surface area contributed by atoms with Crippen LogP contribution in [-0.2, 0) is 15.7 Å².